The molecule has 106 valence electrons. The van der Waals surface area contributed by atoms with Crippen LogP contribution in [-0.4, -0.2) is 28.5 Å². The summed E-state index contributed by atoms with van der Waals surface area (Å²) in [6.07, 6.45) is 1.88. The van der Waals surface area contributed by atoms with Crippen molar-refractivity contribution in [1.82, 2.24) is 10.1 Å². The first kappa shape index (κ1) is 13.3. The van der Waals surface area contributed by atoms with Crippen LogP contribution in [-0.2, 0) is 11.2 Å². The maximum Gasteiger partial charge on any atom is 0.229 e. The molecule has 1 fully saturated rings. The molecule has 2 aromatic rings. The van der Waals surface area contributed by atoms with Crippen LogP contribution in [0.4, 0.5) is 0 Å². The van der Waals surface area contributed by atoms with E-state index < -0.39 is 0 Å². The van der Waals surface area contributed by atoms with Crippen LogP contribution in [0.2, 0.25) is 0 Å². The summed E-state index contributed by atoms with van der Waals surface area (Å²) >= 11 is 0. The zero-order valence-corrected chi connectivity index (χ0v) is 11.4. The predicted molar refractivity (Wildman–Crippen MR) is 72.0 cm³/mol. The van der Waals surface area contributed by atoms with Gasteiger partial charge in [0.15, 0.2) is 0 Å². The molecule has 1 aromatic heterocycles. The second-order valence-electron chi connectivity index (χ2n) is 5.18. The Bertz CT molecular complexity index is 551. The van der Waals surface area contributed by atoms with E-state index >= 15 is 0 Å². The molecule has 2 atom stereocenters. The van der Waals surface area contributed by atoms with E-state index in [0.717, 1.165) is 18.4 Å². The van der Waals surface area contributed by atoms with Gasteiger partial charge in [0, 0.05) is 7.11 Å². The van der Waals surface area contributed by atoms with E-state index in [0.29, 0.717) is 24.1 Å². The molecule has 2 unspecified atom stereocenters. The van der Waals surface area contributed by atoms with Crippen LogP contribution >= 0.6 is 0 Å². The first-order valence-electron chi connectivity index (χ1n) is 6.86. The number of aliphatic hydroxyl groups excluding tert-OH is 1. The Morgan fingerprint density at radius 2 is 2.10 bits per heavy atom. The molecule has 1 N–H and O–H groups in total. The molecule has 1 aliphatic rings. The predicted octanol–water partition coefficient (Wildman–Crippen LogP) is 2.12. The lowest BCUT2D eigenvalue weighted by Crippen LogP contribution is -2.13. The third-order valence-corrected chi connectivity index (χ3v) is 3.61. The number of methoxy groups -OCH3 is 1. The van der Waals surface area contributed by atoms with Crippen molar-refractivity contribution in [2.75, 3.05) is 7.11 Å². The van der Waals surface area contributed by atoms with Crippen molar-refractivity contribution < 1.29 is 14.4 Å². The largest absolute Gasteiger partial charge is 0.392 e. The molecular formula is C15H18N2O3. The number of ether oxygens (including phenoxy) is 1. The molecule has 0 amide bonds. The van der Waals surface area contributed by atoms with E-state index in [2.05, 4.69) is 10.1 Å². The van der Waals surface area contributed by atoms with Crippen molar-refractivity contribution >= 4 is 0 Å². The van der Waals surface area contributed by atoms with Crippen LogP contribution in [0, 0.1) is 5.92 Å². The third-order valence-electron chi connectivity index (χ3n) is 3.61. The molecule has 5 heteroatoms. The van der Waals surface area contributed by atoms with Gasteiger partial charge in [-0.2, -0.15) is 4.98 Å². The molecule has 0 saturated heterocycles. The number of nitrogens with zero attached hydrogens (tertiary/aromatic N) is 2. The summed E-state index contributed by atoms with van der Waals surface area (Å²) < 4.78 is 10.7. The van der Waals surface area contributed by atoms with Crippen molar-refractivity contribution in [3.8, 4) is 0 Å². The van der Waals surface area contributed by atoms with Crippen LogP contribution in [0.1, 0.15) is 36.2 Å². The van der Waals surface area contributed by atoms with E-state index in [9.17, 15) is 5.11 Å². The SMILES string of the molecule is COC(c1ccccc1)c1noc(CC(O)C2CC2)n1. The lowest BCUT2D eigenvalue weighted by Gasteiger charge is -2.10. The zero-order valence-electron chi connectivity index (χ0n) is 11.4. The monoisotopic (exact) mass is 274 g/mol. The second kappa shape index (κ2) is 5.73. The van der Waals surface area contributed by atoms with E-state index in [1.54, 1.807) is 7.11 Å². The van der Waals surface area contributed by atoms with Gasteiger partial charge < -0.3 is 14.4 Å². The van der Waals surface area contributed by atoms with Crippen LogP contribution in [0.3, 0.4) is 0 Å². The number of benzene rings is 1. The van der Waals surface area contributed by atoms with Gasteiger partial charge in [-0.25, -0.2) is 0 Å². The number of aromatic nitrogens is 2. The Kier molecular flexibility index (Phi) is 3.80. The van der Waals surface area contributed by atoms with Crippen LogP contribution < -0.4 is 0 Å². The van der Waals surface area contributed by atoms with Crippen molar-refractivity contribution in [2.24, 2.45) is 5.92 Å². The minimum absolute atomic E-state index is 0.341. The lowest BCUT2D eigenvalue weighted by molar-refractivity contribution is 0.126. The van der Waals surface area contributed by atoms with Crippen molar-refractivity contribution in [2.45, 2.75) is 31.5 Å². The summed E-state index contributed by atoms with van der Waals surface area (Å²) in [5.74, 6) is 1.37. The maximum atomic E-state index is 9.91. The molecule has 0 spiro atoms. The highest BCUT2D eigenvalue weighted by molar-refractivity contribution is 5.22. The highest BCUT2D eigenvalue weighted by Crippen LogP contribution is 2.34. The Morgan fingerprint density at radius 3 is 2.75 bits per heavy atom. The molecule has 20 heavy (non-hydrogen) atoms. The second-order valence-corrected chi connectivity index (χ2v) is 5.18. The van der Waals surface area contributed by atoms with Gasteiger partial charge in [0.25, 0.3) is 0 Å². The lowest BCUT2D eigenvalue weighted by atomic mass is 10.1. The number of rotatable bonds is 6. The molecule has 1 aromatic carbocycles. The smallest absolute Gasteiger partial charge is 0.229 e. The summed E-state index contributed by atoms with van der Waals surface area (Å²) in [6.45, 7) is 0. The van der Waals surface area contributed by atoms with Gasteiger partial charge in [0.1, 0.15) is 6.10 Å². The molecule has 0 aliphatic heterocycles. The summed E-state index contributed by atoms with van der Waals surface area (Å²) in [5, 5.41) is 13.9. The van der Waals surface area contributed by atoms with Crippen LogP contribution in [0.25, 0.3) is 0 Å². The molecular weight excluding hydrogens is 256 g/mol. The van der Waals surface area contributed by atoms with Gasteiger partial charge in [0.2, 0.25) is 11.7 Å². The van der Waals surface area contributed by atoms with E-state index in [1.165, 1.54) is 0 Å². The molecule has 0 bridgehead atoms. The van der Waals surface area contributed by atoms with E-state index in [1.807, 2.05) is 30.3 Å². The summed E-state index contributed by atoms with van der Waals surface area (Å²) in [5.41, 5.74) is 0.977. The van der Waals surface area contributed by atoms with Crippen LogP contribution in [0.15, 0.2) is 34.9 Å². The first-order valence-corrected chi connectivity index (χ1v) is 6.86. The van der Waals surface area contributed by atoms with Gasteiger partial charge in [-0.05, 0) is 24.3 Å². The Hall–Kier alpha value is -1.72. The Morgan fingerprint density at radius 1 is 1.35 bits per heavy atom. The average Bonchev–Trinajstić information content (AvgIpc) is 3.23. The van der Waals surface area contributed by atoms with Crippen molar-refractivity contribution in [1.29, 1.82) is 0 Å². The van der Waals surface area contributed by atoms with E-state index in [4.69, 9.17) is 9.26 Å². The van der Waals surface area contributed by atoms with Crippen LogP contribution in [0.5, 0.6) is 0 Å². The Labute approximate surface area is 117 Å². The highest BCUT2D eigenvalue weighted by Gasteiger charge is 2.31. The zero-order chi connectivity index (χ0) is 13.9. The number of aliphatic hydroxyl groups is 1. The molecule has 0 radical (unpaired) electrons. The summed E-state index contributed by atoms with van der Waals surface area (Å²) in [6, 6.07) is 9.76. The molecule has 5 nitrogen and oxygen atoms in total. The topological polar surface area (TPSA) is 68.4 Å². The first-order chi connectivity index (χ1) is 9.78. The number of hydrogen-bond acceptors (Lipinski definition) is 5. The standard InChI is InChI=1S/C15H18N2O3/c1-19-14(11-5-3-2-4-6-11)15-16-13(20-17-15)9-12(18)10-7-8-10/h2-6,10,12,14,18H,7-9H2,1H3. The van der Waals surface area contributed by atoms with Gasteiger partial charge in [-0.15, -0.1) is 0 Å². The minimum Gasteiger partial charge on any atom is -0.392 e. The van der Waals surface area contributed by atoms with Gasteiger partial charge >= 0.3 is 0 Å². The van der Waals surface area contributed by atoms with Crippen molar-refractivity contribution in [3.05, 3.63) is 47.6 Å². The van der Waals surface area contributed by atoms with Gasteiger partial charge in [-0.3, -0.25) is 0 Å². The maximum absolute atomic E-state index is 9.91. The summed E-state index contributed by atoms with van der Waals surface area (Å²) in [4.78, 5) is 4.35. The van der Waals surface area contributed by atoms with Crippen molar-refractivity contribution in [3.63, 3.8) is 0 Å². The third kappa shape index (κ3) is 2.89. The minimum atomic E-state index is -0.374. The summed E-state index contributed by atoms with van der Waals surface area (Å²) in [7, 11) is 1.62. The fourth-order valence-electron chi connectivity index (χ4n) is 2.30. The molecule has 1 aliphatic carbocycles. The molecule has 1 heterocycles. The Balaban J connectivity index is 1.74. The van der Waals surface area contributed by atoms with Gasteiger partial charge in [0.05, 0.1) is 12.5 Å². The van der Waals surface area contributed by atoms with E-state index in [-0.39, 0.29) is 12.2 Å². The average molecular weight is 274 g/mol. The van der Waals surface area contributed by atoms with Gasteiger partial charge in [-0.1, -0.05) is 35.5 Å². The fraction of sp³-hybridized carbons (Fsp3) is 0.467. The normalized spacial score (nSPS) is 17.9. The highest BCUT2D eigenvalue weighted by atomic mass is 16.5. The molecule has 1 saturated carbocycles. The quantitative estimate of drug-likeness (QED) is 0.873. The molecule has 3 rings (SSSR count). The number of hydrogen-bond donors (Lipinski definition) is 1. The fourth-order valence-corrected chi connectivity index (χ4v) is 2.30.